The summed E-state index contributed by atoms with van der Waals surface area (Å²) in [6.45, 7) is 4.04. The van der Waals surface area contributed by atoms with Crippen LogP contribution >= 0.6 is 0 Å². The molecule has 0 bridgehead atoms. The first-order chi connectivity index (χ1) is 11.7. The maximum atomic E-state index is 12.3. The molecule has 1 aliphatic rings. The molecule has 1 fully saturated rings. The molecule has 24 heavy (non-hydrogen) atoms. The maximum Gasteiger partial charge on any atom is 0.251 e. The smallest absolute Gasteiger partial charge is 0.251 e. The average Bonchev–Trinajstić information content (AvgIpc) is 3.27. The predicted octanol–water partition coefficient (Wildman–Crippen LogP) is 2.26. The molecule has 1 N–H and O–H groups in total. The Hall–Kier alpha value is -2.34. The molecule has 1 aromatic carbocycles. The topological polar surface area (TPSA) is 65.4 Å². The van der Waals surface area contributed by atoms with Gasteiger partial charge in [0.15, 0.2) is 0 Å². The molecule has 1 amide bonds. The normalized spacial score (nSPS) is 18.3. The van der Waals surface area contributed by atoms with E-state index in [1.54, 1.807) is 24.7 Å². The highest BCUT2D eigenvalue weighted by Gasteiger charge is 2.16. The fourth-order valence-corrected chi connectivity index (χ4v) is 2.73. The van der Waals surface area contributed by atoms with E-state index in [1.807, 2.05) is 29.8 Å². The minimum absolute atomic E-state index is 0.0159. The molecule has 1 aromatic heterocycles. The molecular weight excluding hydrogens is 306 g/mol. The minimum atomic E-state index is -0.0895. The second-order valence-corrected chi connectivity index (χ2v) is 6.10. The number of carbonyl (C=O) groups excluding carboxylic acids is 1. The van der Waals surface area contributed by atoms with Crippen LogP contribution in [-0.4, -0.2) is 40.8 Å². The Morgan fingerprint density at radius 2 is 2.29 bits per heavy atom. The van der Waals surface area contributed by atoms with Crippen LogP contribution in [0.4, 0.5) is 0 Å². The summed E-state index contributed by atoms with van der Waals surface area (Å²) in [5, 5.41) is 2.98. The molecule has 0 unspecified atom stereocenters. The first-order valence-corrected chi connectivity index (χ1v) is 8.32. The zero-order valence-corrected chi connectivity index (χ0v) is 13.9. The number of carbonyl (C=O) groups is 1. The molecule has 128 valence electrons. The molecule has 1 saturated heterocycles. The Morgan fingerprint density at radius 3 is 2.96 bits per heavy atom. The Morgan fingerprint density at radius 1 is 1.46 bits per heavy atom. The van der Waals surface area contributed by atoms with Gasteiger partial charge in [-0.25, -0.2) is 4.98 Å². The number of rotatable bonds is 7. The van der Waals surface area contributed by atoms with Crippen molar-refractivity contribution in [3.05, 3.63) is 48.5 Å². The van der Waals surface area contributed by atoms with E-state index in [0.29, 0.717) is 18.7 Å². The van der Waals surface area contributed by atoms with Gasteiger partial charge in [-0.15, -0.1) is 0 Å². The van der Waals surface area contributed by atoms with Gasteiger partial charge in [0.25, 0.3) is 5.91 Å². The lowest BCUT2D eigenvalue weighted by atomic mass is 10.2. The number of aromatic nitrogens is 2. The van der Waals surface area contributed by atoms with E-state index in [4.69, 9.17) is 9.47 Å². The monoisotopic (exact) mass is 329 g/mol. The van der Waals surface area contributed by atoms with Gasteiger partial charge in [-0.3, -0.25) is 4.79 Å². The number of hydrogen-bond donors (Lipinski definition) is 1. The van der Waals surface area contributed by atoms with Crippen molar-refractivity contribution in [2.45, 2.75) is 38.5 Å². The van der Waals surface area contributed by atoms with E-state index >= 15 is 0 Å². The highest BCUT2D eigenvalue weighted by molar-refractivity contribution is 5.94. The summed E-state index contributed by atoms with van der Waals surface area (Å²) in [5.41, 5.74) is 0.622. The summed E-state index contributed by atoms with van der Waals surface area (Å²) >= 11 is 0. The number of ether oxygens (including phenoxy) is 2. The van der Waals surface area contributed by atoms with Crippen molar-refractivity contribution in [2.24, 2.45) is 0 Å². The number of nitrogens with zero attached hydrogens (tertiary/aromatic N) is 2. The van der Waals surface area contributed by atoms with Crippen molar-refractivity contribution in [3.8, 4) is 5.75 Å². The van der Waals surface area contributed by atoms with E-state index in [0.717, 1.165) is 25.2 Å². The minimum Gasteiger partial charge on any atom is -0.491 e. The molecule has 2 atom stereocenters. The Labute approximate surface area is 141 Å². The second-order valence-electron chi connectivity index (χ2n) is 6.10. The van der Waals surface area contributed by atoms with Gasteiger partial charge in [0.05, 0.1) is 12.4 Å². The van der Waals surface area contributed by atoms with Gasteiger partial charge >= 0.3 is 0 Å². The van der Waals surface area contributed by atoms with Crippen molar-refractivity contribution in [1.82, 2.24) is 14.9 Å². The second kappa shape index (κ2) is 7.97. The fraction of sp³-hybridized carbons (Fsp3) is 0.444. The molecule has 2 aromatic rings. The molecule has 0 aliphatic carbocycles. The SMILES string of the molecule is C[C@H](Cn1ccnc1)NC(=O)c1ccc(OC[C@@H]2CCCO2)cc1. The van der Waals surface area contributed by atoms with Crippen LogP contribution in [0, 0.1) is 0 Å². The van der Waals surface area contributed by atoms with Crippen molar-refractivity contribution < 1.29 is 14.3 Å². The highest BCUT2D eigenvalue weighted by atomic mass is 16.5. The van der Waals surface area contributed by atoms with Gasteiger partial charge in [0.2, 0.25) is 0 Å². The van der Waals surface area contributed by atoms with Crippen LogP contribution < -0.4 is 10.1 Å². The fourth-order valence-electron chi connectivity index (χ4n) is 2.73. The molecule has 0 radical (unpaired) electrons. The molecule has 3 rings (SSSR count). The van der Waals surface area contributed by atoms with E-state index < -0.39 is 0 Å². The summed E-state index contributed by atoms with van der Waals surface area (Å²) in [6.07, 6.45) is 7.69. The number of nitrogens with one attached hydrogen (secondary N) is 1. The van der Waals surface area contributed by atoms with Crippen LogP contribution in [0.15, 0.2) is 43.0 Å². The number of benzene rings is 1. The van der Waals surface area contributed by atoms with Crippen LogP contribution in [0.25, 0.3) is 0 Å². The van der Waals surface area contributed by atoms with Gasteiger partial charge in [-0.2, -0.15) is 0 Å². The third kappa shape index (κ3) is 4.58. The predicted molar refractivity (Wildman–Crippen MR) is 90.1 cm³/mol. The maximum absolute atomic E-state index is 12.3. The molecular formula is C18H23N3O3. The first-order valence-electron chi connectivity index (χ1n) is 8.32. The van der Waals surface area contributed by atoms with Crippen molar-refractivity contribution in [1.29, 1.82) is 0 Å². The van der Waals surface area contributed by atoms with E-state index in [2.05, 4.69) is 10.3 Å². The Bertz CT molecular complexity index is 634. The highest BCUT2D eigenvalue weighted by Crippen LogP contribution is 2.16. The number of amides is 1. The van der Waals surface area contributed by atoms with Crippen molar-refractivity contribution >= 4 is 5.91 Å². The standard InChI is InChI=1S/C18H23N3O3/c1-14(11-21-9-8-19-13-21)20-18(22)15-4-6-16(7-5-15)24-12-17-3-2-10-23-17/h4-9,13-14,17H,2-3,10-12H2,1H3,(H,20,22)/t14-,17+/m1/s1. The van der Waals surface area contributed by atoms with Gasteiger partial charge in [-0.1, -0.05) is 0 Å². The molecule has 6 heteroatoms. The van der Waals surface area contributed by atoms with Crippen LogP contribution in [0.3, 0.4) is 0 Å². The Kier molecular flexibility index (Phi) is 5.48. The van der Waals surface area contributed by atoms with Gasteiger partial charge in [-0.05, 0) is 44.0 Å². The van der Waals surface area contributed by atoms with Crippen LogP contribution in [0.5, 0.6) is 5.75 Å². The summed E-state index contributed by atoms with van der Waals surface area (Å²) in [5.74, 6) is 0.668. The van der Waals surface area contributed by atoms with Gasteiger partial charge < -0.3 is 19.4 Å². The van der Waals surface area contributed by atoms with Crippen molar-refractivity contribution in [2.75, 3.05) is 13.2 Å². The van der Waals surface area contributed by atoms with Crippen molar-refractivity contribution in [3.63, 3.8) is 0 Å². The largest absolute Gasteiger partial charge is 0.491 e. The van der Waals surface area contributed by atoms with Crippen LogP contribution in [0.1, 0.15) is 30.1 Å². The lowest BCUT2D eigenvalue weighted by Crippen LogP contribution is -2.35. The molecule has 0 saturated carbocycles. The van der Waals surface area contributed by atoms with E-state index in [9.17, 15) is 4.79 Å². The summed E-state index contributed by atoms with van der Waals surface area (Å²) in [7, 11) is 0. The summed E-state index contributed by atoms with van der Waals surface area (Å²) in [6, 6.07) is 7.23. The molecule has 0 spiro atoms. The van der Waals surface area contributed by atoms with Crippen LogP contribution in [-0.2, 0) is 11.3 Å². The Balaban J connectivity index is 1.47. The molecule has 6 nitrogen and oxygen atoms in total. The molecule has 1 aliphatic heterocycles. The quantitative estimate of drug-likeness (QED) is 0.846. The number of hydrogen-bond acceptors (Lipinski definition) is 4. The first kappa shape index (κ1) is 16.5. The van der Waals surface area contributed by atoms with Gasteiger partial charge in [0, 0.05) is 37.2 Å². The summed E-state index contributed by atoms with van der Waals surface area (Å²) < 4.78 is 13.2. The lowest BCUT2D eigenvalue weighted by Gasteiger charge is -2.15. The zero-order chi connectivity index (χ0) is 16.8. The van der Waals surface area contributed by atoms with Gasteiger partial charge in [0.1, 0.15) is 12.4 Å². The third-order valence-electron chi connectivity index (χ3n) is 4.00. The number of imidazole rings is 1. The third-order valence-corrected chi connectivity index (χ3v) is 4.00. The molecule has 2 heterocycles. The lowest BCUT2D eigenvalue weighted by molar-refractivity contribution is 0.0679. The van der Waals surface area contributed by atoms with E-state index in [-0.39, 0.29) is 18.1 Å². The average molecular weight is 329 g/mol. The van der Waals surface area contributed by atoms with Crippen LogP contribution in [0.2, 0.25) is 0 Å². The zero-order valence-electron chi connectivity index (χ0n) is 13.9. The summed E-state index contributed by atoms with van der Waals surface area (Å²) in [4.78, 5) is 16.3. The van der Waals surface area contributed by atoms with E-state index in [1.165, 1.54) is 0 Å².